The molecule has 4 nitrogen and oxygen atoms in total. The molecule has 25 heavy (non-hydrogen) atoms. The molecule has 0 radical (unpaired) electrons. The summed E-state index contributed by atoms with van der Waals surface area (Å²) >= 11 is 5.98. The van der Waals surface area contributed by atoms with Crippen molar-refractivity contribution in [1.82, 2.24) is 5.32 Å². The van der Waals surface area contributed by atoms with Crippen LogP contribution in [0.4, 0.5) is 10.1 Å². The van der Waals surface area contributed by atoms with Gasteiger partial charge in [0.05, 0.1) is 23.7 Å². The van der Waals surface area contributed by atoms with E-state index in [1.54, 1.807) is 30.3 Å². The maximum atomic E-state index is 14.5. The van der Waals surface area contributed by atoms with Gasteiger partial charge in [0.15, 0.2) is 0 Å². The summed E-state index contributed by atoms with van der Waals surface area (Å²) in [4.78, 5) is 12.0. The van der Waals surface area contributed by atoms with Gasteiger partial charge in [-0.2, -0.15) is 0 Å². The Bertz CT molecular complexity index is 756. The van der Waals surface area contributed by atoms with Crippen molar-refractivity contribution in [1.29, 1.82) is 0 Å². The van der Waals surface area contributed by atoms with Crippen LogP contribution in [-0.2, 0) is 17.8 Å². The third kappa shape index (κ3) is 4.84. The lowest BCUT2D eigenvalue weighted by Gasteiger charge is -2.19. The van der Waals surface area contributed by atoms with Crippen molar-refractivity contribution in [3.05, 3.63) is 58.4 Å². The molecule has 0 saturated heterocycles. The van der Waals surface area contributed by atoms with E-state index in [0.717, 1.165) is 12.1 Å². The highest BCUT2D eigenvalue weighted by atomic mass is 35.5. The number of para-hydroxylation sites is 1. The van der Waals surface area contributed by atoms with E-state index in [1.807, 2.05) is 6.07 Å². The predicted octanol–water partition coefficient (Wildman–Crippen LogP) is 3.95. The van der Waals surface area contributed by atoms with Crippen LogP contribution in [0.2, 0.25) is 5.02 Å². The van der Waals surface area contributed by atoms with Crippen molar-refractivity contribution in [3.63, 3.8) is 0 Å². The molecule has 0 saturated carbocycles. The Labute approximate surface area is 157 Å². The number of amides is 1. The zero-order valence-electron chi connectivity index (χ0n) is 13.5. The van der Waals surface area contributed by atoms with Crippen LogP contribution in [-0.4, -0.2) is 19.1 Å². The van der Waals surface area contributed by atoms with Crippen LogP contribution in [0.1, 0.15) is 17.5 Å². The van der Waals surface area contributed by atoms with Crippen LogP contribution < -0.4 is 15.4 Å². The first-order chi connectivity index (χ1) is 11.6. The molecule has 0 bridgehead atoms. The van der Waals surface area contributed by atoms with Gasteiger partial charge in [0.1, 0.15) is 11.6 Å². The smallest absolute Gasteiger partial charge is 0.227 e. The summed E-state index contributed by atoms with van der Waals surface area (Å²) < 4.78 is 19.9. The first-order valence-corrected chi connectivity index (χ1v) is 8.21. The Hall–Kier alpha value is -1.82. The van der Waals surface area contributed by atoms with Crippen molar-refractivity contribution in [2.75, 3.05) is 18.5 Å². The van der Waals surface area contributed by atoms with Gasteiger partial charge in [-0.25, -0.2) is 4.39 Å². The molecule has 134 valence electrons. The SMILES string of the molecule is Cl.O=C(CCOc1ccccc1Cl)Nc1ccc2c(c1F)CCNC2. The molecule has 1 amide bonds. The summed E-state index contributed by atoms with van der Waals surface area (Å²) in [6, 6.07) is 10.5. The lowest BCUT2D eigenvalue weighted by atomic mass is 9.99. The van der Waals surface area contributed by atoms with Crippen molar-refractivity contribution in [2.45, 2.75) is 19.4 Å². The maximum absolute atomic E-state index is 14.5. The van der Waals surface area contributed by atoms with Gasteiger partial charge in [0, 0.05) is 6.54 Å². The second-order valence-corrected chi connectivity index (χ2v) is 5.98. The third-order valence-corrected chi connectivity index (χ3v) is 4.22. The number of hydrogen-bond acceptors (Lipinski definition) is 3. The average Bonchev–Trinajstić information content (AvgIpc) is 2.59. The minimum Gasteiger partial charge on any atom is -0.491 e. The Morgan fingerprint density at radius 2 is 2.08 bits per heavy atom. The van der Waals surface area contributed by atoms with Crippen molar-refractivity contribution in [2.24, 2.45) is 0 Å². The molecular weight excluding hydrogens is 366 g/mol. The predicted molar refractivity (Wildman–Crippen MR) is 99.3 cm³/mol. The molecule has 1 heterocycles. The van der Waals surface area contributed by atoms with E-state index in [2.05, 4.69) is 10.6 Å². The zero-order chi connectivity index (χ0) is 16.9. The first-order valence-electron chi connectivity index (χ1n) is 7.83. The standard InChI is InChI=1S/C18H18ClFN2O2.ClH/c19-14-3-1-2-4-16(14)24-10-8-17(23)22-15-6-5-12-11-21-9-7-13(12)18(15)20;/h1-6,21H,7-11H2,(H,22,23);1H. The topological polar surface area (TPSA) is 50.4 Å². The fourth-order valence-corrected chi connectivity index (χ4v) is 2.85. The number of halogens is 3. The molecular formula is C18H19Cl2FN2O2. The molecule has 7 heteroatoms. The van der Waals surface area contributed by atoms with Crippen LogP contribution in [0.3, 0.4) is 0 Å². The zero-order valence-corrected chi connectivity index (χ0v) is 15.1. The third-order valence-electron chi connectivity index (χ3n) is 3.90. The van der Waals surface area contributed by atoms with Gasteiger partial charge in [0.2, 0.25) is 5.91 Å². The van der Waals surface area contributed by atoms with E-state index >= 15 is 0 Å². The number of benzene rings is 2. The van der Waals surface area contributed by atoms with Gasteiger partial charge in [-0.1, -0.05) is 29.8 Å². The lowest BCUT2D eigenvalue weighted by molar-refractivity contribution is -0.116. The van der Waals surface area contributed by atoms with Gasteiger partial charge in [-0.05, 0) is 42.3 Å². The molecule has 1 aliphatic rings. The van der Waals surface area contributed by atoms with Crippen molar-refractivity contribution >= 4 is 35.6 Å². The Kier molecular flexibility index (Phi) is 7.05. The van der Waals surface area contributed by atoms with Crippen LogP contribution in [0.5, 0.6) is 5.75 Å². The lowest BCUT2D eigenvalue weighted by Crippen LogP contribution is -2.25. The van der Waals surface area contributed by atoms with Crippen LogP contribution >= 0.6 is 24.0 Å². The van der Waals surface area contributed by atoms with Crippen LogP contribution in [0.25, 0.3) is 0 Å². The molecule has 0 unspecified atom stereocenters. The van der Waals surface area contributed by atoms with Gasteiger partial charge in [-0.3, -0.25) is 4.79 Å². The first kappa shape index (κ1) is 19.5. The summed E-state index contributed by atoms with van der Waals surface area (Å²) in [5, 5.41) is 6.30. The molecule has 2 N–H and O–H groups in total. The Balaban J connectivity index is 0.00000225. The molecule has 0 fully saturated rings. The average molecular weight is 385 g/mol. The van der Waals surface area contributed by atoms with Gasteiger partial charge >= 0.3 is 0 Å². The van der Waals surface area contributed by atoms with Gasteiger partial charge < -0.3 is 15.4 Å². The highest BCUT2D eigenvalue weighted by Crippen LogP contribution is 2.25. The normalized spacial score (nSPS) is 12.7. The quantitative estimate of drug-likeness (QED) is 0.820. The number of anilines is 1. The minimum absolute atomic E-state index is 0. The van der Waals surface area contributed by atoms with Crippen molar-refractivity contribution < 1.29 is 13.9 Å². The largest absolute Gasteiger partial charge is 0.491 e. The highest BCUT2D eigenvalue weighted by Gasteiger charge is 2.17. The second kappa shape index (κ2) is 9.04. The maximum Gasteiger partial charge on any atom is 0.227 e. The van der Waals surface area contributed by atoms with Crippen molar-refractivity contribution in [3.8, 4) is 5.75 Å². The van der Waals surface area contributed by atoms with E-state index in [1.165, 1.54) is 0 Å². The fraction of sp³-hybridized carbons (Fsp3) is 0.278. The number of rotatable bonds is 5. The second-order valence-electron chi connectivity index (χ2n) is 5.57. The molecule has 2 aromatic carbocycles. The summed E-state index contributed by atoms with van der Waals surface area (Å²) in [6.07, 6.45) is 0.740. The Morgan fingerprint density at radius 3 is 2.88 bits per heavy atom. The Morgan fingerprint density at radius 1 is 1.28 bits per heavy atom. The molecule has 0 spiro atoms. The number of carbonyl (C=O) groups excluding carboxylic acids is 1. The molecule has 3 rings (SSSR count). The number of fused-ring (bicyclic) bond motifs is 1. The summed E-state index contributed by atoms with van der Waals surface area (Å²) in [7, 11) is 0. The molecule has 0 aliphatic carbocycles. The number of hydrogen-bond donors (Lipinski definition) is 2. The monoisotopic (exact) mass is 384 g/mol. The van der Waals surface area contributed by atoms with E-state index in [0.29, 0.717) is 29.3 Å². The molecule has 0 aromatic heterocycles. The van der Waals surface area contributed by atoms with Gasteiger partial charge in [-0.15, -0.1) is 12.4 Å². The van der Waals surface area contributed by atoms with E-state index in [4.69, 9.17) is 16.3 Å². The molecule has 1 aliphatic heterocycles. The summed E-state index contributed by atoms with van der Waals surface area (Å²) in [6.45, 7) is 1.57. The number of nitrogens with one attached hydrogen (secondary N) is 2. The highest BCUT2D eigenvalue weighted by molar-refractivity contribution is 6.32. The van der Waals surface area contributed by atoms with Crippen LogP contribution in [0.15, 0.2) is 36.4 Å². The number of carbonyl (C=O) groups is 1. The van der Waals surface area contributed by atoms with Gasteiger partial charge in [0.25, 0.3) is 0 Å². The number of ether oxygens (including phenoxy) is 1. The van der Waals surface area contributed by atoms with E-state index in [9.17, 15) is 9.18 Å². The van der Waals surface area contributed by atoms with E-state index < -0.39 is 0 Å². The van der Waals surface area contributed by atoms with Crippen LogP contribution in [0, 0.1) is 5.82 Å². The van der Waals surface area contributed by atoms with E-state index in [-0.39, 0.29) is 42.8 Å². The summed E-state index contributed by atoms with van der Waals surface area (Å²) in [5.41, 5.74) is 1.84. The fourth-order valence-electron chi connectivity index (χ4n) is 2.66. The molecule has 0 atom stereocenters. The minimum atomic E-state index is -0.339. The molecule has 2 aromatic rings. The summed E-state index contributed by atoms with van der Waals surface area (Å²) in [5.74, 6) is -0.108.